The van der Waals surface area contributed by atoms with Gasteiger partial charge in [-0.2, -0.15) is 21.6 Å². The number of methoxy groups -OCH3 is 1. The number of alkyl halides is 3. The third-order valence-electron chi connectivity index (χ3n) is 3.17. The zero-order valence-electron chi connectivity index (χ0n) is 11.2. The normalized spacial score (nSPS) is 22.9. The van der Waals surface area contributed by atoms with Crippen molar-refractivity contribution in [2.45, 2.75) is 32.2 Å². The number of halogens is 3. The Balaban J connectivity index is 3.04. The first-order valence-corrected chi connectivity index (χ1v) is 7.11. The smallest absolute Gasteiger partial charge is 0.469 e. The monoisotopic (exact) mass is 316 g/mol. The Bertz CT molecular complexity index is 519. The summed E-state index contributed by atoms with van der Waals surface area (Å²) in [5, 5.41) is 0. The van der Waals surface area contributed by atoms with E-state index in [4.69, 9.17) is 0 Å². The van der Waals surface area contributed by atoms with Crippen molar-refractivity contribution in [3.63, 3.8) is 0 Å². The zero-order valence-corrected chi connectivity index (χ0v) is 12.0. The van der Waals surface area contributed by atoms with Gasteiger partial charge >= 0.3 is 21.6 Å². The SMILES string of the molecule is COC(=O)C1C=C(OS(=O)(=O)C(F)(F)F)CCC1(C)C. The fraction of sp³-hybridized carbons (Fsp3) is 0.727. The standard InChI is InChI=1S/C11H15F3O5S/c1-10(2)5-4-7(6-8(10)9(15)18-3)19-20(16,17)11(12,13)14/h6,8H,4-5H2,1-3H3. The van der Waals surface area contributed by atoms with Crippen LogP contribution in [-0.4, -0.2) is 27.0 Å². The van der Waals surface area contributed by atoms with E-state index in [2.05, 4.69) is 8.92 Å². The van der Waals surface area contributed by atoms with Crippen LogP contribution in [0.5, 0.6) is 0 Å². The lowest BCUT2D eigenvalue weighted by atomic mass is 9.72. The molecular weight excluding hydrogens is 301 g/mol. The van der Waals surface area contributed by atoms with Crippen LogP contribution in [-0.2, 0) is 23.8 Å². The predicted octanol–water partition coefficient (Wildman–Crippen LogP) is 2.35. The molecule has 0 aliphatic heterocycles. The summed E-state index contributed by atoms with van der Waals surface area (Å²) in [5.41, 5.74) is -6.05. The molecule has 0 saturated heterocycles. The molecule has 0 fully saturated rings. The quantitative estimate of drug-likeness (QED) is 0.454. The van der Waals surface area contributed by atoms with E-state index in [0.29, 0.717) is 6.42 Å². The minimum Gasteiger partial charge on any atom is -0.469 e. The van der Waals surface area contributed by atoms with E-state index in [1.54, 1.807) is 13.8 Å². The highest BCUT2D eigenvalue weighted by Crippen LogP contribution is 2.41. The van der Waals surface area contributed by atoms with E-state index in [0.717, 1.165) is 13.2 Å². The summed E-state index contributed by atoms with van der Waals surface area (Å²) in [6.07, 6.45) is 1.38. The highest BCUT2D eigenvalue weighted by Gasteiger charge is 2.49. The number of rotatable bonds is 3. The topological polar surface area (TPSA) is 69.7 Å². The number of hydrogen-bond donors (Lipinski definition) is 0. The van der Waals surface area contributed by atoms with Crippen LogP contribution in [0.4, 0.5) is 13.2 Å². The van der Waals surface area contributed by atoms with Crippen LogP contribution in [0.15, 0.2) is 11.8 Å². The summed E-state index contributed by atoms with van der Waals surface area (Å²) in [5.74, 6) is -1.91. The van der Waals surface area contributed by atoms with Crippen LogP contribution in [0, 0.1) is 11.3 Å². The number of carbonyl (C=O) groups excluding carboxylic acids is 1. The molecule has 0 saturated carbocycles. The van der Waals surface area contributed by atoms with Gasteiger partial charge in [0.15, 0.2) is 0 Å². The molecule has 20 heavy (non-hydrogen) atoms. The first-order chi connectivity index (χ1) is 8.90. The van der Waals surface area contributed by atoms with E-state index in [1.165, 1.54) is 0 Å². The minimum atomic E-state index is -5.71. The molecule has 9 heteroatoms. The highest BCUT2D eigenvalue weighted by molar-refractivity contribution is 7.87. The second kappa shape index (κ2) is 5.27. The lowest BCUT2D eigenvalue weighted by Crippen LogP contribution is -2.34. The average molecular weight is 316 g/mol. The number of ether oxygens (including phenoxy) is 1. The van der Waals surface area contributed by atoms with Gasteiger partial charge in [0, 0.05) is 6.42 Å². The van der Waals surface area contributed by atoms with E-state index >= 15 is 0 Å². The molecule has 0 N–H and O–H groups in total. The number of allylic oxidation sites excluding steroid dienone is 1. The van der Waals surface area contributed by atoms with Gasteiger partial charge in [0.25, 0.3) is 0 Å². The van der Waals surface area contributed by atoms with E-state index < -0.39 is 38.7 Å². The van der Waals surface area contributed by atoms with E-state index in [1.807, 2.05) is 0 Å². The summed E-state index contributed by atoms with van der Waals surface area (Å²) in [6.45, 7) is 3.47. The number of carbonyl (C=O) groups is 1. The van der Waals surface area contributed by atoms with Gasteiger partial charge in [0.05, 0.1) is 13.0 Å². The fourth-order valence-electron chi connectivity index (χ4n) is 1.87. The molecule has 0 spiro atoms. The van der Waals surface area contributed by atoms with Gasteiger partial charge < -0.3 is 8.92 Å². The average Bonchev–Trinajstić information content (AvgIpc) is 2.28. The van der Waals surface area contributed by atoms with Crippen molar-refractivity contribution < 1.29 is 35.3 Å². The Morgan fingerprint density at radius 1 is 1.40 bits per heavy atom. The molecule has 0 aromatic carbocycles. The van der Waals surface area contributed by atoms with Crippen LogP contribution in [0.1, 0.15) is 26.7 Å². The minimum absolute atomic E-state index is 0.00416. The van der Waals surface area contributed by atoms with Crippen LogP contribution in [0.2, 0.25) is 0 Å². The molecule has 0 aromatic rings. The third-order valence-corrected chi connectivity index (χ3v) is 4.17. The Labute approximate surface area is 114 Å². The first kappa shape index (κ1) is 16.8. The lowest BCUT2D eigenvalue weighted by molar-refractivity contribution is -0.147. The van der Waals surface area contributed by atoms with Gasteiger partial charge in [-0.25, -0.2) is 0 Å². The van der Waals surface area contributed by atoms with Crippen molar-refractivity contribution in [1.29, 1.82) is 0 Å². The maximum absolute atomic E-state index is 12.2. The molecule has 1 aliphatic rings. The maximum atomic E-state index is 12.2. The first-order valence-electron chi connectivity index (χ1n) is 5.70. The Hall–Kier alpha value is -1.25. The van der Waals surface area contributed by atoms with Crippen LogP contribution < -0.4 is 0 Å². The summed E-state index contributed by atoms with van der Waals surface area (Å²) < 4.78 is 67.2. The molecule has 1 unspecified atom stereocenters. The van der Waals surface area contributed by atoms with Crippen molar-refractivity contribution in [2.24, 2.45) is 11.3 Å². The fourth-order valence-corrected chi connectivity index (χ4v) is 2.38. The lowest BCUT2D eigenvalue weighted by Gasteiger charge is -2.34. The van der Waals surface area contributed by atoms with Crippen molar-refractivity contribution >= 4 is 16.1 Å². The Morgan fingerprint density at radius 3 is 2.40 bits per heavy atom. The largest absolute Gasteiger partial charge is 0.534 e. The summed E-state index contributed by atoms with van der Waals surface area (Å²) in [4.78, 5) is 11.6. The molecular formula is C11H15F3O5S. The van der Waals surface area contributed by atoms with Gasteiger partial charge in [0.1, 0.15) is 5.76 Å². The molecule has 5 nitrogen and oxygen atoms in total. The number of hydrogen-bond acceptors (Lipinski definition) is 5. The Kier molecular flexibility index (Phi) is 4.42. The molecule has 1 aliphatic carbocycles. The van der Waals surface area contributed by atoms with Gasteiger partial charge in [-0.15, -0.1) is 0 Å². The Morgan fingerprint density at radius 2 is 1.95 bits per heavy atom. The summed E-state index contributed by atoms with van der Waals surface area (Å²) in [7, 11) is -4.56. The van der Waals surface area contributed by atoms with Crippen molar-refractivity contribution in [3.05, 3.63) is 11.8 Å². The molecule has 0 aromatic heterocycles. The van der Waals surface area contributed by atoms with Gasteiger partial charge in [-0.05, 0) is 17.9 Å². The van der Waals surface area contributed by atoms with Crippen LogP contribution in [0.3, 0.4) is 0 Å². The third kappa shape index (κ3) is 3.44. The molecule has 0 radical (unpaired) electrons. The van der Waals surface area contributed by atoms with Crippen LogP contribution >= 0.6 is 0 Å². The van der Waals surface area contributed by atoms with Gasteiger partial charge in [-0.3, -0.25) is 4.79 Å². The number of esters is 1. The molecule has 0 heterocycles. The summed E-state index contributed by atoms with van der Waals surface area (Å²) in [6, 6.07) is 0. The summed E-state index contributed by atoms with van der Waals surface area (Å²) >= 11 is 0. The van der Waals surface area contributed by atoms with Gasteiger partial charge in [0.2, 0.25) is 0 Å². The zero-order chi connectivity index (χ0) is 15.8. The van der Waals surface area contributed by atoms with Crippen molar-refractivity contribution in [2.75, 3.05) is 7.11 Å². The molecule has 1 atom stereocenters. The molecule has 0 amide bonds. The highest BCUT2D eigenvalue weighted by atomic mass is 32.2. The molecule has 0 bridgehead atoms. The predicted molar refractivity (Wildman–Crippen MR) is 62.7 cm³/mol. The van der Waals surface area contributed by atoms with Gasteiger partial charge in [-0.1, -0.05) is 13.8 Å². The van der Waals surface area contributed by atoms with Crippen molar-refractivity contribution in [3.8, 4) is 0 Å². The van der Waals surface area contributed by atoms with E-state index in [9.17, 15) is 26.4 Å². The second-order valence-electron chi connectivity index (χ2n) is 5.11. The van der Waals surface area contributed by atoms with E-state index in [-0.39, 0.29) is 6.42 Å². The molecule has 1 rings (SSSR count). The maximum Gasteiger partial charge on any atom is 0.534 e. The second-order valence-corrected chi connectivity index (χ2v) is 6.64. The van der Waals surface area contributed by atoms with Crippen LogP contribution in [0.25, 0.3) is 0 Å². The molecule has 116 valence electrons. The van der Waals surface area contributed by atoms with Crippen molar-refractivity contribution in [1.82, 2.24) is 0 Å².